The zero-order chi connectivity index (χ0) is 26.7. The Labute approximate surface area is 217 Å². The van der Waals surface area contributed by atoms with Crippen molar-refractivity contribution in [1.82, 2.24) is 9.78 Å². The Morgan fingerprint density at radius 3 is 2.62 bits per heavy atom. The molecule has 1 amide bonds. The maximum absolute atomic E-state index is 14.3. The molecule has 4 rings (SSSR count). The molecule has 10 heteroatoms. The molecule has 1 aromatic heterocycles. The lowest BCUT2D eigenvalue weighted by Crippen LogP contribution is -2.14. The number of carbonyl (C=O) groups excluding carboxylic acids is 1. The van der Waals surface area contributed by atoms with E-state index in [1.54, 1.807) is 67.9 Å². The van der Waals surface area contributed by atoms with E-state index in [-0.39, 0.29) is 30.5 Å². The maximum Gasteiger partial charge on any atom is 0.311 e. The van der Waals surface area contributed by atoms with Crippen LogP contribution in [0.15, 0.2) is 60.7 Å². The van der Waals surface area contributed by atoms with Gasteiger partial charge in [-0.3, -0.25) is 19.6 Å². The highest BCUT2D eigenvalue weighted by Crippen LogP contribution is 2.29. The number of aromatic nitrogens is 2. The predicted octanol–water partition coefficient (Wildman–Crippen LogP) is 6.39. The Balaban J connectivity index is 1.49. The number of amides is 1. The zero-order valence-electron chi connectivity index (χ0n) is 20.4. The van der Waals surface area contributed by atoms with Gasteiger partial charge in [0, 0.05) is 22.2 Å². The molecule has 0 bridgehead atoms. The van der Waals surface area contributed by atoms with Crippen LogP contribution < -0.4 is 10.1 Å². The van der Waals surface area contributed by atoms with Crippen LogP contribution in [-0.2, 0) is 13.2 Å². The fourth-order valence-electron chi connectivity index (χ4n) is 3.91. The fourth-order valence-corrected chi connectivity index (χ4v) is 4.13. The Bertz CT molecular complexity index is 1480. The number of nitro benzene ring substituents is 1. The van der Waals surface area contributed by atoms with Crippen molar-refractivity contribution in [2.45, 2.75) is 33.9 Å². The molecular formula is C27H24ClFN4O4. The number of hydrogen-bond donors (Lipinski definition) is 1. The van der Waals surface area contributed by atoms with Gasteiger partial charge in [-0.15, -0.1) is 0 Å². The van der Waals surface area contributed by atoms with Gasteiger partial charge in [-0.2, -0.15) is 5.10 Å². The van der Waals surface area contributed by atoms with Crippen LogP contribution in [0.3, 0.4) is 0 Å². The van der Waals surface area contributed by atoms with Gasteiger partial charge in [0.25, 0.3) is 5.91 Å². The zero-order valence-corrected chi connectivity index (χ0v) is 21.2. The number of hydrogen-bond acceptors (Lipinski definition) is 5. The number of rotatable bonds is 8. The van der Waals surface area contributed by atoms with E-state index < -0.39 is 10.7 Å². The van der Waals surface area contributed by atoms with Crippen LogP contribution in [0.2, 0.25) is 5.02 Å². The van der Waals surface area contributed by atoms with Crippen molar-refractivity contribution in [2.24, 2.45) is 0 Å². The second-order valence-electron chi connectivity index (χ2n) is 8.58. The first-order valence-corrected chi connectivity index (χ1v) is 11.8. The largest absolute Gasteiger partial charge is 0.482 e. The lowest BCUT2D eigenvalue weighted by molar-refractivity contribution is -0.386. The number of nitrogens with one attached hydrogen (secondary N) is 1. The molecule has 0 aliphatic heterocycles. The second kappa shape index (κ2) is 10.8. The summed E-state index contributed by atoms with van der Waals surface area (Å²) in [6, 6.07) is 16.0. The average Bonchev–Trinajstić information content (AvgIpc) is 3.13. The van der Waals surface area contributed by atoms with Gasteiger partial charge in [0.15, 0.2) is 5.75 Å². The van der Waals surface area contributed by atoms with Crippen molar-refractivity contribution in [3.05, 3.63) is 115 Å². The number of nitro groups is 1. The number of benzene rings is 3. The molecule has 0 spiro atoms. The van der Waals surface area contributed by atoms with Crippen molar-refractivity contribution in [3.8, 4) is 5.75 Å². The van der Waals surface area contributed by atoms with Gasteiger partial charge in [0.2, 0.25) is 0 Å². The molecule has 37 heavy (non-hydrogen) atoms. The molecular weight excluding hydrogens is 499 g/mol. The van der Waals surface area contributed by atoms with Crippen LogP contribution in [0.4, 0.5) is 15.8 Å². The van der Waals surface area contributed by atoms with Crippen LogP contribution in [-0.4, -0.2) is 20.6 Å². The molecule has 0 aliphatic rings. The minimum absolute atomic E-state index is 0.0460. The lowest BCUT2D eigenvalue weighted by atomic mass is 10.1. The molecule has 8 nitrogen and oxygen atoms in total. The number of ether oxygens (including phenoxy) is 1. The molecule has 0 fully saturated rings. The molecule has 3 aromatic carbocycles. The summed E-state index contributed by atoms with van der Waals surface area (Å²) in [4.78, 5) is 23.9. The van der Waals surface area contributed by atoms with Gasteiger partial charge in [0.1, 0.15) is 12.4 Å². The molecule has 0 saturated carbocycles. The third-order valence-corrected chi connectivity index (χ3v) is 6.24. The first-order chi connectivity index (χ1) is 17.6. The lowest BCUT2D eigenvalue weighted by Gasteiger charge is -2.10. The molecule has 0 saturated heterocycles. The standard InChI is InChI=1S/C27H24ClFN4O4/c1-16-10-11-25(24(12-16)33(35)36)37-15-19-6-4-7-20(13-19)27(34)30-26-17(2)31-32(18(26)3)14-21-22(28)8-5-9-23(21)29/h4-13H,14-15H2,1-3H3,(H,30,34). The highest BCUT2D eigenvalue weighted by Gasteiger charge is 2.18. The van der Waals surface area contributed by atoms with E-state index in [2.05, 4.69) is 10.4 Å². The van der Waals surface area contributed by atoms with Gasteiger partial charge in [0.05, 0.1) is 28.5 Å². The number of nitrogens with zero attached hydrogens (tertiary/aromatic N) is 3. The summed E-state index contributed by atoms with van der Waals surface area (Å²) < 4.78 is 21.5. The Kier molecular flexibility index (Phi) is 7.54. The Morgan fingerprint density at radius 1 is 1.14 bits per heavy atom. The summed E-state index contributed by atoms with van der Waals surface area (Å²) in [6.45, 7) is 5.46. The average molecular weight is 523 g/mol. The molecule has 1 heterocycles. The number of carbonyl (C=O) groups is 1. The van der Waals surface area contributed by atoms with E-state index in [1.165, 1.54) is 18.2 Å². The summed E-state index contributed by atoms with van der Waals surface area (Å²) in [7, 11) is 0. The predicted molar refractivity (Wildman–Crippen MR) is 139 cm³/mol. The smallest absolute Gasteiger partial charge is 0.311 e. The van der Waals surface area contributed by atoms with E-state index in [1.807, 2.05) is 0 Å². The Hall–Kier alpha value is -4.24. The normalized spacial score (nSPS) is 10.8. The molecule has 190 valence electrons. The van der Waals surface area contributed by atoms with Crippen molar-refractivity contribution in [3.63, 3.8) is 0 Å². The van der Waals surface area contributed by atoms with Crippen molar-refractivity contribution < 1.29 is 18.8 Å². The van der Waals surface area contributed by atoms with E-state index in [9.17, 15) is 19.3 Å². The first kappa shape index (κ1) is 25.8. The van der Waals surface area contributed by atoms with Gasteiger partial charge in [-0.1, -0.05) is 35.9 Å². The van der Waals surface area contributed by atoms with Crippen LogP contribution >= 0.6 is 11.6 Å². The van der Waals surface area contributed by atoms with Gasteiger partial charge in [-0.25, -0.2) is 4.39 Å². The fraction of sp³-hybridized carbons (Fsp3) is 0.185. The first-order valence-electron chi connectivity index (χ1n) is 11.4. The monoisotopic (exact) mass is 522 g/mol. The van der Waals surface area contributed by atoms with E-state index in [0.717, 1.165) is 5.56 Å². The third kappa shape index (κ3) is 5.78. The highest BCUT2D eigenvalue weighted by atomic mass is 35.5. The SMILES string of the molecule is Cc1ccc(OCc2cccc(C(=O)Nc3c(C)nn(Cc4c(F)cccc4Cl)c3C)c2)c([N+](=O)[O-])c1. The van der Waals surface area contributed by atoms with Crippen molar-refractivity contribution in [1.29, 1.82) is 0 Å². The summed E-state index contributed by atoms with van der Waals surface area (Å²) in [5, 5.41) is 19.0. The van der Waals surface area contributed by atoms with Crippen LogP contribution in [0.25, 0.3) is 0 Å². The number of halogens is 2. The topological polar surface area (TPSA) is 99.3 Å². The van der Waals surface area contributed by atoms with Crippen LogP contribution in [0.5, 0.6) is 5.75 Å². The quantitative estimate of drug-likeness (QED) is 0.213. The van der Waals surface area contributed by atoms with Gasteiger partial charge < -0.3 is 10.1 Å². The minimum atomic E-state index is -0.489. The number of anilines is 1. The summed E-state index contributed by atoms with van der Waals surface area (Å²) in [5.41, 5.74) is 3.74. The summed E-state index contributed by atoms with van der Waals surface area (Å²) in [6.07, 6.45) is 0. The van der Waals surface area contributed by atoms with Crippen LogP contribution in [0, 0.1) is 36.7 Å². The molecule has 0 radical (unpaired) electrons. The van der Waals surface area contributed by atoms with Gasteiger partial charge in [-0.05, 0) is 62.2 Å². The van der Waals surface area contributed by atoms with Crippen LogP contribution in [0.1, 0.15) is 38.4 Å². The van der Waals surface area contributed by atoms with E-state index in [4.69, 9.17) is 16.3 Å². The van der Waals surface area contributed by atoms with Crippen molar-refractivity contribution in [2.75, 3.05) is 5.32 Å². The minimum Gasteiger partial charge on any atom is -0.482 e. The van der Waals surface area contributed by atoms with E-state index >= 15 is 0 Å². The summed E-state index contributed by atoms with van der Waals surface area (Å²) in [5.74, 6) is -0.641. The van der Waals surface area contributed by atoms with Gasteiger partial charge >= 0.3 is 5.69 Å². The summed E-state index contributed by atoms with van der Waals surface area (Å²) >= 11 is 6.16. The maximum atomic E-state index is 14.3. The molecule has 4 aromatic rings. The molecule has 1 N–H and O–H groups in total. The van der Waals surface area contributed by atoms with Crippen molar-refractivity contribution >= 4 is 28.9 Å². The highest BCUT2D eigenvalue weighted by molar-refractivity contribution is 6.31. The molecule has 0 atom stereocenters. The number of aryl methyl sites for hydroxylation is 2. The molecule has 0 aliphatic carbocycles. The van der Waals surface area contributed by atoms with E-state index in [0.29, 0.717) is 38.8 Å². The third-order valence-electron chi connectivity index (χ3n) is 5.88. The second-order valence-corrected chi connectivity index (χ2v) is 8.98. The Morgan fingerprint density at radius 2 is 1.89 bits per heavy atom. The molecule has 0 unspecified atom stereocenters.